The van der Waals surface area contributed by atoms with Crippen molar-refractivity contribution in [1.82, 2.24) is 19.7 Å². The van der Waals surface area contributed by atoms with Gasteiger partial charge in [-0.05, 0) is 31.2 Å². The van der Waals surface area contributed by atoms with Crippen LogP contribution in [0.2, 0.25) is 0 Å². The Labute approximate surface area is 116 Å². The van der Waals surface area contributed by atoms with E-state index in [-0.39, 0.29) is 5.91 Å². The highest BCUT2D eigenvalue weighted by atomic mass is 16.1. The number of hydrogen-bond acceptors (Lipinski definition) is 3. The second-order valence-corrected chi connectivity index (χ2v) is 4.48. The quantitative estimate of drug-likeness (QED) is 0.788. The standard InChI is InChI=1S/C15H14N4O/c1-11-14(19-9-5-3-7-13(19)18-11)15(20)17-10-12-6-2-4-8-16-12/h2-9H,10H2,1H3,(H,17,20). The molecule has 3 heterocycles. The number of amides is 1. The third-order valence-corrected chi connectivity index (χ3v) is 3.08. The Kier molecular flexibility index (Phi) is 3.16. The van der Waals surface area contributed by atoms with E-state index < -0.39 is 0 Å². The molecule has 0 saturated heterocycles. The Morgan fingerprint density at radius 3 is 2.90 bits per heavy atom. The number of fused-ring (bicyclic) bond motifs is 1. The van der Waals surface area contributed by atoms with Crippen LogP contribution in [-0.2, 0) is 6.54 Å². The van der Waals surface area contributed by atoms with Crippen LogP contribution in [0, 0.1) is 6.92 Å². The summed E-state index contributed by atoms with van der Waals surface area (Å²) < 4.78 is 1.79. The molecule has 3 aromatic rings. The summed E-state index contributed by atoms with van der Waals surface area (Å²) in [5.74, 6) is -0.146. The van der Waals surface area contributed by atoms with Gasteiger partial charge in [0.1, 0.15) is 11.3 Å². The van der Waals surface area contributed by atoms with Crippen LogP contribution in [0.3, 0.4) is 0 Å². The van der Waals surface area contributed by atoms with Crippen molar-refractivity contribution < 1.29 is 4.79 Å². The number of imidazole rings is 1. The number of nitrogens with zero attached hydrogens (tertiary/aromatic N) is 3. The van der Waals surface area contributed by atoms with Crippen molar-refractivity contribution in [3.8, 4) is 0 Å². The number of carbonyl (C=O) groups is 1. The van der Waals surface area contributed by atoms with Gasteiger partial charge in [-0.3, -0.25) is 14.2 Å². The fraction of sp³-hybridized carbons (Fsp3) is 0.133. The Hall–Kier alpha value is -2.69. The van der Waals surface area contributed by atoms with Gasteiger partial charge in [-0.15, -0.1) is 0 Å². The first kappa shape index (κ1) is 12.3. The molecule has 0 aromatic carbocycles. The Bertz CT molecular complexity index is 749. The van der Waals surface area contributed by atoms with Gasteiger partial charge < -0.3 is 5.32 Å². The van der Waals surface area contributed by atoms with Crippen LogP contribution < -0.4 is 5.32 Å². The van der Waals surface area contributed by atoms with Crippen LogP contribution in [0.4, 0.5) is 0 Å². The summed E-state index contributed by atoms with van der Waals surface area (Å²) >= 11 is 0. The van der Waals surface area contributed by atoms with Crippen molar-refractivity contribution in [2.75, 3.05) is 0 Å². The molecule has 0 radical (unpaired) electrons. The fourth-order valence-electron chi connectivity index (χ4n) is 2.14. The highest BCUT2D eigenvalue weighted by molar-refractivity contribution is 5.94. The molecular formula is C15H14N4O. The van der Waals surface area contributed by atoms with Gasteiger partial charge in [0.2, 0.25) is 0 Å². The van der Waals surface area contributed by atoms with Crippen molar-refractivity contribution in [2.45, 2.75) is 13.5 Å². The molecule has 0 aliphatic carbocycles. The largest absolute Gasteiger partial charge is 0.345 e. The first-order valence-corrected chi connectivity index (χ1v) is 6.37. The van der Waals surface area contributed by atoms with E-state index in [0.717, 1.165) is 17.0 Å². The lowest BCUT2D eigenvalue weighted by atomic mass is 10.3. The molecule has 1 amide bonds. The molecule has 3 rings (SSSR count). The second-order valence-electron chi connectivity index (χ2n) is 4.48. The Morgan fingerprint density at radius 2 is 2.10 bits per heavy atom. The molecule has 0 atom stereocenters. The average molecular weight is 266 g/mol. The minimum absolute atomic E-state index is 0.146. The van der Waals surface area contributed by atoms with Crippen LogP contribution in [0.25, 0.3) is 5.65 Å². The first-order valence-electron chi connectivity index (χ1n) is 6.37. The maximum atomic E-state index is 12.3. The number of carbonyl (C=O) groups excluding carboxylic acids is 1. The lowest BCUT2D eigenvalue weighted by Gasteiger charge is -2.05. The smallest absolute Gasteiger partial charge is 0.270 e. The highest BCUT2D eigenvalue weighted by Crippen LogP contribution is 2.11. The van der Waals surface area contributed by atoms with E-state index in [1.165, 1.54) is 0 Å². The van der Waals surface area contributed by atoms with Gasteiger partial charge in [-0.1, -0.05) is 12.1 Å². The summed E-state index contributed by atoms with van der Waals surface area (Å²) in [4.78, 5) is 20.9. The molecule has 1 N–H and O–H groups in total. The molecule has 3 aromatic heterocycles. The lowest BCUT2D eigenvalue weighted by molar-refractivity contribution is 0.0944. The van der Waals surface area contributed by atoms with E-state index in [2.05, 4.69) is 15.3 Å². The number of aryl methyl sites for hydroxylation is 1. The van der Waals surface area contributed by atoms with Crippen LogP contribution in [-0.4, -0.2) is 20.3 Å². The number of aromatic nitrogens is 3. The Balaban J connectivity index is 1.84. The number of nitrogens with one attached hydrogen (secondary N) is 1. The van der Waals surface area contributed by atoms with E-state index in [9.17, 15) is 4.79 Å². The zero-order valence-corrected chi connectivity index (χ0v) is 11.1. The van der Waals surface area contributed by atoms with Gasteiger partial charge in [0.25, 0.3) is 5.91 Å². The number of pyridine rings is 2. The summed E-state index contributed by atoms with van der Waals surface area (Å²) in [7, 11) is 0. The van der Waals surface area contributed by atoms with Gasteiger partial charge in [-0.25, -0.2) is 4.98 Å². The molecule has 0 unspecified atom stereocenters. The second kappa shape index (κ2) is 5.13. The third kappa shape index (κ3) is 2.25. The van der Waals surface area contributed by atoms with E-state index in [1.807, 2.05) is 49.5 Å². The predicted octanol–water partition coefficient (Wildman–Crippen LogP) is 1.97. The summed E-state index contributed by atoms with van der Waals surface area (Å²) in [5.41, 5.74) is 2.88. The molecule has 0 spiro atoms. The molecule has 0 bridgehead atoms. The van der Waals surface area contributed by atoms with Crippen molar-refractivity contribution >= 4 is 11.6 Å². The van der Waals surface area contributed by atoms with E-state index in [0.29, 0.717) is 12.2 Å². The predicted molar refractivity (Wildman–Crippen MR) is 75.3 cm³/mol. The van der Waals surface area contributed by atoms with Gasteiger partial charge in [-0.2, -0.15) is 0 Å². The fourth-order valence-corrected chi connectivity index (χ4v) is 2.14. The maximum absolute atomic E-state index is 12.3. The number of hydrogen-bond donors (Lipinski definition) is 1. The molecule has 0 saturated carbocycles. The van der Waals surface area contributed by atoms with Crippen LogP contribution in [0.15, 0.2) is 48.8 Å². The normalized spacial score (nSPS) is 10.7. The van der Waals surface area contributed by atoms with Gasteiger partial charge in [0.15, 0.2) is 0 Å². The van der Waals surface area contributed by atoms with Gasteiger partial charge in [0, 0.05) is 12.4 Å². The molecule has 100 valence electrons. The first-order chi connectivity index (χ1) is 9.75. The van der Waals surface area contributed by atoms with Crippen molar-refractivity contribution in [3.05, 3.63) is 65.9 Å². The zero-order chi connectivity index (χ0) is 13.9. The summed E-state index contributed by atoms with van der Waals surface area (Å²) in [6, 6.07) is 11.3. The highest BCUT2D eigenvalue weighted by Gasteiger charge is 2.15. The average Bonchev–Trinajstić information content (AvgIpc) is 2.82. The third-order valence-electron chi connectivity index (χ3n) is 3.08. The maximum Gasteiger partial charge on any atom is 0.270 e. The SMILES string of the molecule is Cc1nc2ccccn2c1C(=O)NCc1ccccn1. The monoisotopic (exact) mass is 266 g/mol. The molecule has 0 aliphatic heterocycles. The molecule has 0 aliphatic rings. The van der Waals surface area contributed by atoms with Crippen LogP contribution in [0.1, 0.15) is 21.9 Å². The van der Waals surface area contributed by atoms with Crippen molar-refractivity contribution in [1.29, 1.82) is 0 Å². The van der Waals surface area contributed by atoms with Crippen LogP contribution >= 0.6 is 0 Å². The summed E-state index contributed by atoms with van der Waals surface area (Å²) in [5, 5.41) is 2.87. The molecule has 5 nitrogen and oxygen atoms in total. The Morgan fingerprint density at radius 1 is 1.25 bits per heavy atom. The minimum atomic E-state index is -0.146. The summed E-state index contributed by atoms with van der Waals surface area (Å²) in [6.45, 7) is 2.24. The summed E-state index contributed by atoms with van der Waals surface area (Å²) in [6.07, 6.45) is 3.55. The van der Waals surface area contributed by atoms with Crippen molar-refractivity contribution in [3.63, 3.8) is 0 Å². The van der Waals surface area contributed by atoms with Crippen LogP contribution in [0.5, 0.6) is 0 Å². The van der Waals surface area contributed by atoms with Gasteiger partial charge >= 0.3 is 0 Å². The van der Waals surface area contributed by atoms with E-state index >= 15 is 0 Å². The van der Waals surface area contributed by atoms with Crippen molar-refractivity contribution in [2.24, 2.45) is 0 Å². The minimum Gasteiger partial charge on any atom is -0.345 e. The molecule has 5 heteroatoms. The zero-order valence-electron chi connectivity index (χ0n) is 11.1. The molecule has 20 heavy (non-hydrogen) atoms. The molecular weight excluding hydrogens is 252 g/mol. The molecule has 0 fully saturated rings. The van der Waals surface area contributed by atoms with Gasteiger partial charge in [0.05, 0.1) is 17.9 Å². The van der Waals surface area contributed by atoms with E-state index in [1.54, 1.807) is 10.6 Å². The van der Waals surface area contributed by atoms with E-state index in [4.69, 9.17) is 0 Å². The topological polar surface area (TPSA) is 59.3 Å². The number of rotatable bonds is 3. The lowest BCUT2D eigenvalue weighted by Crippen LogP contribution is -2.25.